The van der Waals surface area contributed by atoms with Crippen LogP contribution in [0, 0.1) is 12.8 Å². The molecule has 2 N–H and O–H groups in total. The molecule has 0 saturated heterocycles. The third kappa shape index (κ3) is 5.17. The van der Waals surface area contributed by atoms with Crippen LogP contribution in [-0.4, -0.2) is 28.1 Å². The maximum Gasteiger partial charge on any atom is 0.254 e. The Kier molecular flexibility index (Phi) is 5.32. The second-order valence-corrected chi connectivity index (χ2v) is 5.99. The maximum atomic E-state index is 12.0. The van der Waals surface area contributed by atoms with Crippen LogP contribution in [0.2, 0.25) is 5.02 Å². The summed E-state index contributed by atoms with van der Waals surface area (Å²) in [4.78, 5) is 16.0. The van der Waals surface area contributed by atoms with Gasteiger partial charge < -0.3 is 10.4 Å². The van der Waals surface area contributed by atoms with E-state index < -0.39 is 5.60 Å². The van der Waals surface area contributed by atoms with Crippen molar-refractivity contribution in [3.05, 3.63) is 28.5 Å². The molecule has 1 heterocycles. The molecule has 106 valence electrons. The molecule has 4 nitrogen and oxygen atoms in total. The van der Waals surface area contributed by atoms with Crippen LogP contribution >= 0.6 is 11.6 Å². The lowest BCUT2D eigenvalue weighted by molar-refractivity contribution is 0.0368. The fourth-order valence-corrected chi connectivity index (χ4v) is 2.30. The van der Waals surface area contributed by atoms with Crippen molar-refractivity contribution in [3.63, 3.8) is 0 Å². The molecule has 1 rings (SSSR count). The normalized spacial score (nSPS) is 14.3. The van der Waals surface area contributed by atoms with Gasteiger partial charge in [0.15, 0.2) is 0 Å². The molecule has 1 aromatic heterocycles. The average Bonchev–Trinajstić information content (AvgIpc) is 2.24. The molecule has 0 radical (unpaired) electrons. The van der Waals surface area contributed by atoms with Gasteiger partial charge in [-0.1, -0.05) is 25.4 Å². The molecule has 0 aromatic carbocycles. The molecule has 0 bridgehead atoms. The van der Waals surface area contributed by atoms with E-state index in [9.17, 15) is 9.90 Å². The van der Waals surface area contributed by atoms with E-state index in [1.807, 2.05) is 13.8 Å². The molecule has 0 aliphatic rings. The Labute approximate surface area is 119 Å². The maximum absolute atomic E-state index is 12.0. The fraction of sp³-hybridized carbons (Fsp3) is 0.571. The van der Waals surface area contributed by atoms with Gasteiger partial charge in [0.2, 0.25) is 0 Å². The number of aliphatic hydroxyl groups is 1. The number of carbonyl (C=O) groups is 1. The first kappa shape index (κ1) is 15.9. The first-order chi connectivity index (χ1) is 8.71. The van der Waals surface area contributed by atoms with Gasteiger partial charge in [-0.3, -0.25) is 9.78 Å². The second-order valence-electron chi connectivity index (χ2n) is 5.58. The van der Waals surface area contributed by atoms with Gasteiger partial charge in [0.05, 0.1) is 16.2 Å². The Morgan fingerprint density at radius 2 is 2.21 bits per heavy atom. The number of rotatable bonds is 5. The third-order valence-electron chi connectivity index (χ3n) is 2.71. The molecule has 1 atom stereocenters. The molecular formula is C14H21ClN2O2. The van der Waals surface area contributed by atoms with Crippen LogP contribution in [-0.2, 0) is 0 Å². The topological polar surface area (TPSA) is 62.2 Å². The Hall–Kier alpha value is -1.13. The third-order valence-corrected chi connectivity index (χ3v) is 3.03. The molecular weight excluding hydrogens is 264 g/mol. The van der Waals surface area contributed by atoms with Crippen LogP contribution in [0.25, 0.3) is 0 Å². The van der Waals surface area contributed by atoms with Gasteiger partial charge >= 0.3 is 0 Å². The standard InChI is InChI=1S/C14H21ClN2O2/c1-9(2)6-14(4,19)8-17-13(18)11-7-16-10(3)5-12(11)15/h5,7,9,19H,6,8H2,1-4H3,(H,17,18). The van der Waals surface area contributed by atoms with Crippen LogP contribution in [0.3, 0.4) is 0 Å². The van der Waals surface area contributed by atoms with Crippen LogP contribution < -0.4 is 5.32 Å². The number of pyridine rings is 1. The highest BCUT2D eigenvalue weighted by Crippen LogP contribution is 2.17. The Bertz CT molecular complexity index is 459. The summed E-state index contributed by atoms with van der Waals surface area (Å²) in [5.41, 5.74) is 0.162. The van der Waals surface area contributed by atoms with Crippen molar-refractivity contribution >= 4 is 17.5 Å². The summed E-state index contributed by atoms with van der Waals surface area (Å²) in [6.45, 7) is 7.76. The van der Waals surface area contributed by atoms with Crippen molar-refractivity contribution in [1.29, 1.82) is 0 Å². The summed E-state index contributed by atoms with van der Waals surface area (Å²) in [6.07, 6.45) is 2.07. The minimum absolute atomic E-state index is 0.189. The smallest absolute Gasteiger partial charge is 0.254 e. The summed E-state index contributed by atoms with van der Waals surface area (Å²) >= 11 is 6.00. The van der Waals surface area contributed by atoms with E-state index in [1.54, 1.807) is 19.9 Å². The highest BCUT2D eigenvalue weighted by Gasteiger charge is 2.23. The molecule has 5 heteroatoms. The second kappa shape index (κ2) is 6.35. The van der Waals surface area contributed by atoms with E-state index in [2.05, 4.69) is 10.3 Å². The van der Waals surface area contributed by atoms with E-state index >= 15 is 0 Å². The van der Waals surface area contributed by atoms with Crippen molar-refractivity contribution in [3.8, 4) is 0 Å². The zero-order valence-electron chi connectivity index (χ0n) is 11.8. The van der Waals surface area contributed by atoms with Crippen molar-refractivity contribution in [2.75, 3.05) is 6.54 Å². The lowest BCUT2D eigenvalue weighted by Crippen LogP contribution is -2.41. The van der Waals surface area contributed by atoms with Crippen LogP contribution in [0.15, 0.2) is 12.3 Å². The largest absolute Gasteiger partial charge is 0.388 e. The van der Waals surface area contributed by atoms with Crippen LogP contribution in [0.5, 0.6) is 0 Å². The molecule has 1 unspecified atom stereocenters. The SMILES string of the molecule is Cc1cc(Cl)c(C(=O)NCC(C)(O)CC(C)C)cn1. The number of hydrogen-bond acceptors (Lipinski definition) is 3. The van der Waals surface area contributed by atoms with E-state index in [0.717, 1.165) is 5.69 Å². The average molecular weight is 285 g/mol. The number of nitrogens with one attached hydrogen (secondary N) is 1. The fourth-order valence-electron chi connectivity index (χ4n) is 2.01. The van der Waals surface area contributed by atoms with Crippen molar-refractivity contribution < 1.29 is 9.90 Å². The summed E-state index contributed by atoms with van der Waals surface area (Å²) in [5, 5.41) is 13.2. The number of hydrogen-bond donors (Lipinski definition) is 2. The zero-order chi connectivity index (χ0) is 14.6. The molecule has 19 heavy (non-hydrogen) atoms. The molecule has 0 saturated carbocycles. The summed E-state index contributed by atoms with van der Waals surface area (Å²) in [6, 6.07) is 1.64. The molecule has 1 aromatic rings. The zero-order valence-corrected chi connectivity index (χ0v) is 12.6. The quantitative estimate of drug-likeness (QED) is 0.873. The summed E-state index contributed by atoms with van der Waals surface area (Å²) in [5.74, 6) is 0.0399. The van der Waals surface area contributed by atoms with Gasteiger partial charge in [0.1, 0.15) is 0 Å². The van der Waals surface area contributed by atoms with Gasteiger partial charge in [-0.25, -0.2) is 0 Å². The predicted molar refractivity (Wildman–Crippen MR) is 76.4 cm³/mol. The highest BCUT2D eigenvalue weighted by atomic mass is 35.5. The van der Waals surface area contributed by atoms with E-state index in [-0.39, 0.29) is 12.5 Å². The lowest BCUT2D eigenvalue weighted by atomic mass is 9.94. The first-order valence-corrected chi connectivity index (χ1v) is 6.72. The monoisotopic (exact) mass is 284 g/mol. The van der Waals surface area contributed by atoms with Gasteiger partial charge in [-0.15, -0.1) is 0 Å². The van der Waals surface area contributed by atoms with Crippen molar-refractivity contribution in [1.82, 2.24) is 10.3 Å². The Balaban J connectivity index is 2.65. The van der Waals surface area contributed by atoms with Gasteiger partial charge in [-0.05, 0) is 32.3 Å². The van der Waals surface area contributed by atoms with Crippen molar-refractivity contribution in [2.45, 2.75) is 39.7 Å². The molecule has 0 fully saturated rings. The molecule has 0 spiro atoms. The van der Waals surface area contributed by atoms with Gasteiger partial charge in [0.25, 0.3) is 5.91 Å². The number of amides is 1. The highest BCUT2D eigenvalue weighted by molar-refractivity contribution is 6.33. The van der Waals surface area contributed by atoms with Crippen LogP contribution in [0.1, 0.15) is 43.2 Å². The number of halogens is 1. The number of carbonyl (C=O) groups excluding carboxylic acids is 1. The Morgan fingerprint density at radius 1 is 1.58 bits per heavy atom. The van der Waals surface area contributed by atoms with E-state index in [0.29, 0.717) is 22.9 Å². The Morgan fingerprint density at radius 3 is 2.74 bits per heavy atom. The minimum atomic E-state index is -0.922. The lowest BCUT2D eigenvalue weighted by Gasteiger charge is -2.25. The summed E-state index contributed by atoms with van der Waals surface area (Å²) < 4.78 is 0. The molecule has 1 amide bonds. The van der Waals surface area contributed by atoms with Gasteiger partial charge in [0, 0.05) is 18.4 Å². The van der Waals surface area contributed by atoms with E-state index in [4.69, 9.17) is 11.6 Å². The number of aryl methyl sites for hydroxylation is 1. The van der Waals surface area contributed by atoms with Crippen LogP contribution in [0.4, 0.5) is 0 Å². The van der Waals surface area contributed by atoms with E-state index in [1.165, 1.54) is 6.20 Å². The molecule has 0 aliphatic carbocycles. The first-order valence-electron chi connectivity index (χ1n) is 6.34. The number of aromatic nitrogens is 1. The molecule has 0 aliphatic heterocycles. The minimum Gasteiger partial charge on any atom is -0.388 e. The van der Waals surface area contributed by atoms with Gasteiger partial charge in [-0.2, -0.15) is 0 Å². The predicted octanol–water partition coefficient (Wildman–Crippen LogP) is 2.57. The summed E-state index contributed by atoms with van der Waals surface area (Å²) in [7, 11) is 0. The van der Waals surface area contributed by atoms with Crippen molar-refractivity contribution in [2.24, 2.45) is 5.92 Å². The number of nitrogens with zero attached hydrogens (tertiary/aromatic N) is 1.